The molecule has 114 valence electrons. The zero-order valence-corrected chi connectivity index (χ0v) is 12.9. The SMILES string of the molecule is CNC(=O)CN(C)C(=O)CN1c2ccccc2CC[C@H]1C. The molecule has 2 amide bonds. The third kappa shape index (κ3) is 3.54. The highest BCUT2D eigenvalue weighted by Crippen LogP contribution is 2.30. The molecule has 1 aromatic rings. The van der Waals surface area contributed by atoms with Crippen LogP contribution in [0.5, 0.6) is 0 Å². The molecule has 1 heterocycles. The Kier molecular flexibility index (Phi) is 4.83. The van der Waals surface area contributed by atoms with Crippen molar-refractivity contribution < 1.29 is 9.59 Å². The minimum Gasteiger partial charge on any atom is -0.359 e. The van der Waals surface area contributed by atoms with Crippen LogP contribution in [0.1, 0.15) is 18.9 Å². The number of carbonyl (C=O) groups excluding carboxylic acids is 2. The van der Waals surface area contributed by atoms with E-state index in [1.165, 1.54) is 10.5 Å². The number of nitrogens with zero attached hydrogens (tertiary/aromatic N) is 2. The molecular weight excluding hydrogens is 266 g/mol. The van der Waals surface area contributed by atoms with Crippen LogP contribution in [0.3, 0.4) is 0 Å². The Labute approximate surface area is 125 Å². The number of amides is 2. The maximum Gasteiger partial charge on any atom is 0.242 e. The van der Waals surface area contributed by atoms with Crippen LogP contribution in [-0.2, 0) is 16.0 Å². The van der Waals surface area contributed by atoms with Crippen LogP contribution in [0.4, 0.5) is 5.69 Å². The van der Waals surface area contributed by atoms with Gasteiger partial charge in [-0.05, 0) is 31.4 Å². The number of hydrogen-bond donors (Lipinski definition) is 1. The van der Waals surface area contributed by atoms with Crippen molar-refractivity contribution in [2.24, 2.45) is 0 Å². The fourth-order valence-corrected chi connectivity index (χ4v) is 2.65. The summed E-state index contributed by atoms with van der Waals surface area (Å²) < 4.78 is 0. The molecule has 5 nitrogen and oxygen atoms in total. The van der Waals surface area contributed by atoms with Gasteiger partial charge in [0.15, 0.2) is 0 Å². The van der Waals surface area contributed by atoms with Gasteiger partial charge in [0.05, 0.1) is 13.1 Å². The lowest BCUT2D eigenvalue weighted by Gasteiger charge is -2.37. The predicted octanol–water partition coefficient (Wildman–Crippen LogP) is 1.03. The molecule has 1 N–H and O–H groups in total. The van der Waals surface area contributed by atoms with Gasteiger partial charge in [0, 0.05) is 25.8 Å². The standard InChI is InChI=1S/C16H23N3O2/c1-12-8-9-13-6-4-5-7-14(13)19(12)11-16(21)18(3)10-15(20)17-2/h4-7,12H,8-11H2,1-3H3,(H,17,20)/t12-/m1/s1. The monoisotopic (exact) mass is 289 g/mol. The van der Waals surface area contributed by atoms with Crippen molar-refractivity contribution in [3.8, 4) is 0 Å². The van der Waals surface area contributed by atoms with Gasteiger partial charge in [-0.2, -0.15) is 0 Å². The second kappa shape index (κ2) is 6.61. The molecule has 1 aromatic carbocycles. The number of fused-ring (bicyclic) bond motifs is 1. The van der Waals surface area contributed by atoms with Crippen LogP contribution in [0.25, 0.3) is 0 Å². The molecule has 0 aromatic heterocycles. The number of aryl methyl sites for hydroxylation is 1. The molecule has 0 fully saturated rings. The maximum atomic E-state index is 12.3. The van der Waals surface area contributed by atoms with Crippen molar-refractivity contribution in [1.82, 2.24) is 10.2 Å². The van der Waals surface area contributed by atoms with Crippen LogP contribution in [0.15, 0.2) is 24.3 Å². The predicted molar refractivity (Wildman–Crippen MR) is 83.3 cm³/mol. The van der Waals surface area contributed by atoms with Gasteiger partial charge in [0.25, 0.3) is 0 Å². The van der Waals surface area contributed by atoms with E-state index in [0.29, 0.717) is 12.6 Å². The first-order valence-corrected chi connectivity index (χ1v) is 7.32. The largest absolute Gasteiger partial charge is 0.359 e. The smallest absolute Gasteiger partial charge is 0.242 e. The lowest BCUT2D eigenvalue weighted by molar-refractivity contribution is -0.133. The van der Waals surface area contributed by atoms with Crippen LogP contribution in [-0.4, -0.2) is 49.9 Å². The van der Waals surface area contributed by atoms with Gasteiger partial charge in [-0.15, -0.1) is 0 Å². The van der Waals surface area contributed by atoms with E-state index in [0.717, 1.165) is 18.5 Å². The summed E-state index contributed by atoms with van der Waals surface area (Å²) in [6.07, 6.45) is 2.10. The molecule has 0 unspecified atom stereocenters. The minimum absolute atomic E-state index is 0.0397. The van der Waals surface area contributed by atoms with Crippen molar-refractivity contribution in [3.05, 3.63) is 29.8 Å². The quantitative estimate of drug-likeness (QED) is 0.901. The third-order valence-electron chi connectivity index (χ3n) is 4.06. The highest BCUT2D eigenvalue weighted by Gasteiger charge is 2.25. The summed E-state index contributed by atoms with van der Waals surface area (Å²) in [5, 5.41) is 2.53. The van der Waals surface area contributed by atoms with Crippen molar-refractivity contribution in [2.45, 2.75) is 25.8 Å². The van der Waals surface area contributed by atoms with E-state index < -0.39 is 0 Å². The molecular formula is C16H23N3O2. The van der Waals surface area contributed by atoms with Crippen LogP contribution in [0.2, 0.25) is 0 Å². The number of nitrogens with one attached hydrogen (secondary N) is 1. The average Bonchev–Trinajstić information content (AvgIpc) is 2.49. The minimum atomic E-state index is -0.155. The highest BCUT2D eigenvalue weighted by molar-refractivity contribution is 5.87. The van der Waals surface area contributed by atoms with Crippen LogP contribution < -0.4 is 10.2 Å². The molecule has 0 bridgehead atoms. The lowest BCUT2D eigenvalue weighted by atomic mass is 9.96. The van der Waals surface area contributed by atoms with Gasteiger partial charge in [0.2, 0.25) is 11.8 Å². The summed E-state index contributed by atoms with van der Waals surface area (Å²) in [5.41, 5.74) is 2.43. The normalized spacial score (nSPS) is 17.1. The summed E-state index contributed by atoms with van der Waals surface area (Å²) in [6, 6.07) is 8.55. The van der Waals surface area contributed by atoms with Crippen LogP contribution >= 0.6 is 0 Å². The van der Waals surface area contributed by atoms with E-state index in [1.807, 2.05) is 12.1 Å². The molecule has 21 heavy (non-hydrogen) atoms. The molecule has 1 aliphatic heterocycles. The Morgan fingerprint density at radius 2 is 2.10 bits per heavy atom. The molecule has 1 aliphatic rings. The summed E-state index contributed by atoms with van der Waals surface area (Å²) in [6.45, 7) is 2.55. The highest BCUT2D eigenvalue weighted by atomic mass is 16.2. The number of hydrogen-bond acceptors (Lipinski definition) is 3. The summed E-state index contributed by atoms with van der Waals surface area (Å²) in [7, 11) is 3.24. The second-order valence-corrected chi connectivity index (χ2v) is 5.57. The van der Waals surface area contributed by atoms with Crippen molar-refractivity contribution >= 4 is 17.5 Å². The Morgan fingerprint density at radius 3 is 2.81 bits per heavy atom. The molecule has 0 aliphatic carbocycles. The van der Waals surface area contributed by atoms with E-state index in [9.17, 15) is 9.59 Å². The van der Waals surface area contributed by atoms with Gasteiger partial charge < -0.3 is 15.1 Å². The van der Waals surface area contributed by atoms with Crippen molar-refractivity contribution in [2.75, 3.05) is 32.1 Å². The summed E-state index contributed by atoms with van der Waals surface area (Å²) >= 11 is 0. The molecule has 0 saturated heterocycles. The first-order chi connectivity index (χ1) is 10.0. The Bertz CT molecular complexity index is 530. The molecule has 0 saturated carbocycles. The molecule has 1 atom stereocenters. The van der Waals surface area contributed by atoms with Gasteiger partial charge >= 0.3 is 0 Å². The average molecular weight is 289 g/mol. The number of rotatable bonds is 4. The molecule has 2 rings (SSSR count). The maximum absolute atomic E-state index is 12.3. The molecule has 0 spiro atoms. The van der Waals surface area contributed by atoms with E-state index in [-0.39, 0.29) is 18.4 Å². The first-order valence-electron chi connectivity index (χ1n) is 7.32. The number of para-hydroxylation sites is 1. The van der Waals surface area contributed by atoms with E-state index in [4.69, 9.17) is 0 Å². The first kappa shape index (κ1) is 15.4. The topological polar surface area (TPSA) is 52.7 Å². The number of likely N-dealkylation sites (N-methyl/N-ethyl adjacent to an activating group) is 2. The Hall–Kier alpha value is -2.04. The van der Waals surface area contributed by atoms with E-state index >= 15 is 0 Å². The summed E-state index contributed by atoms with van der Waals surface area (Å²) in [5.74, 6) is -0.194. The van der Waals surface area contributed by atoms with Crippen molar-refractivity contribution in [1.29, 1.82) is 0 Å². The second-order valence-electron chi connectivity index (χ2n) is 5.57. The molecule has 0 radical (unpaired) electrons. The van der Waals surface area contributed by atoms with E-state index in [1.54, 1.807) is 14.1 Å². The van der Waals surface area contributed by atoms with Gasteiger partial charge in [-0.1, -0.05) is 18.2 Å². The third-order valence-corrected chi connectivity index (χ3v) is 4.06. The lowest BCUT2D eigenvalue weighted by Crippen LogP contribution is -2.46. The Morgan fingerprint density at radius 1 is 1.38 bits per heavy atom. The van der Waals surface area contributed by atoms with Gasteiger partial charge in [-0.25, -0.2) is 0 Å². The van der Waals surface area contributed by atoms with E-state index in [2.05, 4.69) is 29.3 Å². The Balaban J connectivity index is 2.08. The fourth-order valence-electron chi connectivity index (χ4n) is 2.65. The number of carbonyl (C=O) groups is 2. The van der Waals surface area contributed by atoms with Gasteiger partial charge in [0.1, 0.15) is 0 Å². The summed E-state index contributed by atoms with van der Waals surface area (Å²) in [4.78, 5) is 27.3. The number of anilines is 1. The molecule has 5 heteroatoms. The fraction of sp³-hybridized carbons (Fsp3) is 0.500. The van der Waals surface area contributed by atoms with Crippen molar-refractivity contribution in [3.63, 3.8) is 0 Å². The van der Waals surface area contributed by atoms with Gasteiger partial charge in [-0.3, -0.25) is 9.59 Å². The van der Waals surface area contributed by atoms with Crippen LogP contribution in [0, 0.1) is 0 Å². The zero-order valence-electron chi connectivity index (χ0n) is 12.9. The number of benzene rings is 1. The zero-order chi connectivity index (χ0) is 15.4.